The predicted molar refractivity (Wildman–Crippen MR) is 95.6 cm³/mol. The van der Waals surface area contributed by atoms with Crippen LogP contribution in [-0.2, 0) is 0 Å². The van der Waals surface area contributed by atoms with Gasteiger partial charge in [-0.1, -0.05) is 27.7 Å². The van der Waals surface area contributed by atoms with Crippen LogP contribution in [0.25, 0.3) is 22.3 Å². The number of phenols is 3. The molecule has 2 aromatic carbocycles. The normalized spacial score (nSPS) is 9.50. The van der Waals surface area contributed by atoms with E-state index in [0.29, 0.717) is 10.9 Å². The highest BCUT2D eigenvalue weighted by Gasteiger charge is 2.09. The molecule has 128 valence electrons. The molecule has 0 unspecified atom stereocenters. The third kappa shape index (κ3) is 4.07. The molecule has 0 atom stereocenters. The molecule has 0 bridgehead atoms. The lowest BCUT2D eigenvalue weighted by molar-refractivity contribution is 0.404. The van der Waals surface area contributed by atoms with E-state index in [1.165, 1.54) is 42.5 Å². The Bertz CT molecular complexity index is 865. The van der Waals surface area contributed by atoms with Crippen molar-refractivity contribution in [2.75, 3.05) is 0 Å². The standard InChI is InChI=1S/C15H10O5.2C2H6/c16-9-2-3-10-12(18)7-14(20-15(10)6-9)8-1-4-11(17)13(19)5-8;2*1-2/h1-7,16-17,19H;2*1-2H3. The van der Waals surface area contributed by atoms with Crippen molar-refractivity contribution in [1.29, 1.82) is 0 Å². The van der Waals surface area contributed by atoms with E-state index < -0.39 is 0 Å². The van der Waals surface area contributed by atoms with Gasteiger partial charge in [0.05, 0.1) is 5.39 Å². The van der Waals surface area contributed by atoms with Crippen LogP contribution in [0.3, 0.4) is 0 Å². The van der Waals surface area contributed by atoms with Crippen molar-refractivity contribution < 1.29 is 19.7 Å². The molecular formula is C19H22O5. The summed E-state index contributed by atoms with van der Waals surface area (Å²) in [5.41, 5.74) is 0.441. The summed E-state index contributed by atoms with van der Waals surface area (Å²) in [5, 5.41) is 28.5. The molecule has 0 aliphatic carbocycles. The van der Waals surface area contributed by atoms with Crippen LogP contribution in [0, 0.1) is 0 Å². The van der Waals surface area contributed by atoms with Gasteiger partial charge >= 0.3 is 0 Å². The van der Waals surface area contributed by atoms with Crippen LogP contribution >= 0.6 is 0 Å². The van der Waals surface area contributed by atoms with Crippen molar-refractivity contribution in [2.45, 2.75) is 27.7 Å². The van der Waals surface area contributed by atoms with Gasteiger partial charge < -0.3 is 19.7 Å². The van der Waals surface area contributed by atoms with E-state index >= 15 is 0 Å². The highest BCUT2D eigenvalue weighted by molar-refractivity contribution is 5.80. The molecule has 3 rings (SSSR count). The zero-order valence-electron chi connectivity index (χ0n) is 14.2. The fourth-order valence-electron chi connectivity index (χ4n) is 1.96. The van der Waals surface area contributed by atoms with Crippen LogP contribution in [0.4, 0.5) is 0 Å². The quantitative estimate of drug-likeness (QED) is 0.566. The molecule has 0 amide bonds. The zero-order chi connectivity index (χ0) is 18.3. The first kappa shape index (κ1) is 19.1. The zero-order valence-corrected chi connectivity index (χ0v) is 14.2. The molecule has 1 aromatic heterocycles. The molecule has 1 heterocycles. The maximum absolute atomic E-state index is 12.0. The van der Waals surface area contributed by atoms with Crippen LogP contribution in [0.1, 0.15) is 27.7 Å². The number of phenolic OH excluding ortho intramolecular Hbond substituents is 3. The molecule has 0 saturated carbocycles. The van der Waals surface area contributed by atoms with Gasteiger partial charge in [-0.15, -0.1) is 0 Å². The lowest BCUT2D eigenvalue weighted by Gasteiger charge is -2.05. The minimum absolute atomic E-state index is 0.00801. The summed E-state index contributed by atoms with van der Waals surface area (Å²) < 4.78 is 5.55. The number of fused-ring (bicyclic) bond motifs is 1. The van der Waals surface area contributed by atoms with Gasteiger partial charge in [-0.25, -0.2) is 0 Å². The van der Waals surface area contributed by atoms with Crippen molar-refractivity contribution in [3.05, 3.63) is 52.7 Å². The molecule has 24 heavy (non-hydrogen) atoms. The molecule has 0 fully saturated rings. The molecule has 5 heteroatoms. The topological polar surface area (TPSA) is 90.9 Å². The Kier molecular flexibility index (Phi) is 6.86. The van der Waals surface area contributed by atoms with Gasteiger partial charge in [0, 0.05) is 17.7 Å². The second kappa shape index (κ2) is 8.62. The van der Waals surface area contributed by atoms with E-state index in [1.54, 1.807) is 0 Å². The van der Waals surface area contributed by atoms with E-state index in [4.69, 9.17) is 4.42 Å². The Morgan fingerprint density at radius 2 is 1.46 bits per heavy atom. The van der Waals surface area contributed by atoms with Gasteiger partial charge in [0.15, 0.2) is 16.9 Å². The minimum Gasteiger partial charge on any atom is -0.508 e. The average molecular weight is 330 g/mol. The summed E-state index contributed by atoms with van der Waals surface area (Å²) in [6, 6.07) is 9.65. The van der Waals surface area contributed by atoms with Crippen LogP contribution in [-0.4, -0.2) is 15.3 Å². The first-order valence-electron chi connectivity index (χ1n) is 7.84. The van der Waals surface area contributed by atoms with E-state index in [0.717, 1.165) is 0 Å². The first-order valence-corrected chi connectivity index (χ1v) is 7.84. The van der Waals surface area contributed by atoms with Gasteiger partial charge in [-0.05, 0) is 30.3 Å². The Labute approximate surface area is 140 Å². The largest absolute Gasteiger partial charge is 0.508 e. The van der Waals surface area contributed by atoms with Crippen molar-refractivity contribution >= 4 is 11.0 Å². The van der Waals surface area contributed by atoms with Gasteiger partial charge in [0.1, 0.15) is 17.1 Å². The van der Waals surface area contributed by atoms with Crippen LogP contribution < -0.4 is 5.43 Å². The highest BCUT2D eigenvalue weighted by Crippen LogP contribution is 2.31. The Morgan fingerprint density at radius 3 is 2.08 bits per heavy atom. The van der Waals surface area contributed by atoms with Crippen molar-refractivity contribution in [3.8, 4) is 28.6 Å². The van der Waals surface area contributed by atoms with Gasteiger partial charge in [-0.3, -0.25) is 4.79 Å². The SMILES string of the molecule is CC.CC.O=c1cc(-c2ccc(O)c(O)c2)oc2cc(O)ccc12. The van der Waals surface area contributed by atoms with Gasteiger partial charge in [0.25, 0.3) is 0 Å². The molecule has 5 nitrogen and oxygen atoms in total. The second-order valence-corrected chi connectivity index (χ2v) is 4.36. The van der Waals surface area contributed by atoms with E-state index in [2.05, 4.69) is 0 Å². The summed E-state index contributed by atoms with van der Waals surface area (Å²) in [4.78, 5) is 12.0. The van der Waals surface area contributed by atoms with Crippen molar-refractivity contribution in [2.24, 2.45) is 0 Å². The fourth-order valence-corrected chi connectivity index (χ4v) is 1.96. The van der Waals surface area contributed by atoms with E-state index in [-0.39, 0.29) is 34.0 Å². The van der Waals surface area contributed by atoms with E-state index in [1.807, 2.05) is 27.7 Å². The molecule has 0 saturated heterocycles. The summed E-state index contributed by atoms with van der Waals surface area (Å²) in [6.07, 6.45) is 0. The average Bonchev–Trinajstić information content (AvgIpc) is 2.60. The summed E-state index contributed by atoms with van der Waals surface area (Å²) >= 11 is 0. The van der Waals surface area contributed by atoms with Gasteiger partial charge in [0.2, 0.25) is 0 Å². The maximum Gasteiger partial charge on any atom is 0.193 e. The Hall–Kier alpha value is -2.95. The lowest BCUT2D eigenvalue weighted by Crippen LogP contribution is -1.99. The van der Waals surface area contributed by atoms with Crippen molar-refractivity contribution in [1.82, 2.24) is 0 Å². The number of hydrogen-bond donors (Lipinski definition) is 3. The van der Waals surface area contributed by atoms with E-state index in [9.17, 15) is 20.1 Å². The maximum atomic E-state index is 12.0. The summed E-state index contributed by atoms with van der Waals surface area (Å²) in [6.45, 7) is 8.00. The minimum atomic E-state index is -0.304. The Balaban J connectivity index is 0.000000671. The molecule has 0 aliphatic rings. The fraction of sp³-hybridized carbons (Fsp3) is 0.211. The molecule has 0 radical (unpaired) electrons. The third-order valence-electron chi connectivity index (χ3n) is 2.97. The Morgan fingerprint density at radius 1 is 0.792 bits per heavy atom. The second-order valence-electron chi connectivity index (χ2n) is 4.36. The molecule has 3 N–H and O–H groups in total. The van der Waals surface area contributed by atoms with Crippen LogP contribution in [0.5, 0.6) is 17.2 Å². The lowest BCUT2D eigenvalue weighted by atomic mass is 10.1. The number of rotatable bonds is 1. The van der Waals surface area contributed by atoms with Gasteiger partial charge in [-0.2, -0.15) is 0 Å². The highest BCUT2D eigenvalue weighted by atomic mass is 16.3. The number of aromatic hydroxyl groups is 3. The summed E-state index contributed by atoms with van der Waals surface area (Å²) in [5.74, 6) is -0.328. The third-order valence-corrected chi connectivity index (χ3v) is 2.97. The number of hydrogen-bond acceptors (Lipinski definition) is 5. The predicted octanol–water partition coefficient (Wildman–Crippen LogP) is 4.63. The molecule has 3 aromatic rings. The smallest absolute Gasteiger partial charge is 0.193 e. The molecule has 0 aliphatic heterocycles. The molecular weight excluding hydrogens is 308 g/mol. The molecule has 0 spiro atoms. The summed E-state index contributed by atoms with van der Waals surface area (Å²) in [7, 11) is 0. The van der Waals surface area contributed by atoms with Crippen molar-refractivity contribution in [3.63, 3.8) is 0 Å². The van der Waals surface area contributed by atoms with Crippen LogP contribution in [0.15, 0.2) is 51.7 Å². The van der Waals surface area contributed by atoms with Crippen LogP contribution in [0.2, 0.25) is 0 Å². The number of benzene rings is 2. The monoisotopic (exact) mass is 330 g/mol. The first-order chi connectivity index (χ1) is 11.5.